The number of nitrogens with one attached hydrogen (secondary N) is 1. The van der Waals surface area contributed by atoms with E-state index in [9.17, 15) is 13.2 Å². The van der Waals surface area contributed by atoms with Crippen LogP contribution in [0.3, 0.4) is 0 Å². The van der Waals surface area contributed by atoms with E-state index >= 15 is 0 Å². The number of alkyl halides is 3. The number of aromatic amines is 1. The van der Waals surface area contributed by atoms with Crippen molar-refractivity contribution in [1.29, 1.82) is 0 Å². The minimum atomic E-state index is -4.44. The van der Waals surface area contributed by atoms with Gasteiger partial charge in [-0.3, -0.25) is 9.97 Å². The molecule has 4 rings (SSSR count). The second-order valence-electron chi connectivity index (χ2n) is 6.61. The molecule has 0 saturated heterocycles. The van der Waals surface area contributed by atoms with Crippen LogP contribution >= 0.6 is 0 Å². The minimum Gasteiger partial charge on any atom is -0.346 e. The second kappa shape index (κ2) is 7.07. The lowest BCUT2D eigenvalue weighted by atomic mass is 10.0. The highest BCUT2D eigenvalue weighted by molar-refractivity contribution is 5.80. The number of aryl methyl sites for hydroxylation is 1. The molecule has 4 nitrogen and oxygen atoms in total. The fraction of sp³-hybridized carbons (Fsp3) is 0.143. The Kier molecular flexibility index (Phi) is 4.58. The van der Waals surface area contributed by atoms with E-state index in [1.54, 1.807) is 12.6 Å². The number of fused-ring (bicyclic) bond motifs is 1. The van der Waals surface area contributed by atoms with E-state index in [1.807, 2.05) is 31.5 Å². The zero-order valence-corrected chi connectivity index (χ0v) is 15.0. The highest BCUT2D eigenvalue weighted by Gasteiger charge is 2.31. The maximum absolute atomic E-state index is 12.6. The predicted molar refractivity (Wildman–Crippen MR) is 99.6 cm³/mol. The number of H-pyrrole nitrogens is 1. The van der Waals surface area contributed by atoms with Gasteiger partial charge in [-0.15, -0.1) is 0 Å². The normalized spacial score (nSPS) is 11.9. The molecule has 0 amide bonds. The summed E-state index contributed by atoms with van der Waals surface area (Å²) in [6, 6.07) is 8.24. The van der Waals surface area contributed by atoms with Crippen LogP contribution in [0.2, 0.25) is 0 Å². The lowest BCUT2D eigenvalue weighted by Gasteiger charge is -2.07. The van der Waals surface area contributed by atoms with Crippen LogP contribution < -0.4 is 0 Å². The minimum absolute atomic E-state index is 0.562. The summed E-state index contributed by atoms with van der Waals surface area (Å²) < 4.78 is 37.7. The quantitative estimate of drug-likeness (QED) is 0.549. The largest absolute Gasteiger partial charge is 0.433 e. The lowest BCUT2D eigenvalue weighted by Crippen LogP contribution is -2.07. The van der Waals surface area contributed by atoms with Gasteiger partial charge in [-0.1, -0.05) is 12.1 Å². The Labute approximate surface area is 159 Å². The lowest BCUT2D eigenvalue weighted by molar-refractivity contribution is -0.141. The van der Waals surface area contributed by atoms with Gasteiger partial charge in [0, 0.05) is 48.7 Å². The van der Waals surface area contributed by atoms with E-state index in [0.717, 1.165) is 33.8 Å². The molecule has 1 N–H and O–H groups in total. The molecule has 4 heterocycles. The smallest absolute Gasteiger partial charge is 0.346 e. The summed E-state index contributed by atoms with van der Waals surface area (Å²) in [6.07, 6.45) is 4.70. The first-order valence-electron chi connectivity index (χ1n) is 8.64. The van der Waals surface area contributed by atoms with Crippen LogP contribution in [0, 0.1) is 13.3 Å². The Morgan fingerprint density at radius 1 is 1.00 bits per heavy atom. The maximum atomic E-state index is 12.6. The van der Waals surface area contributed by atoms with Gasteiger partial charge in [-0.25, -0.2) is 4.98 Å². The molecule has 4 aromatic heterocycles. The topological polar surface area (TPSA) is 54.5 Å². The molecule has 0 aliphatic rings. The third kappa shape index (κ3) is 3.88. The summed E-state index contributed by atoms with van der Waals surface area (Å²) in [7, 11) is 0. The summed E-state index contributed by atoms with van der Waals surface area (Å²) in [4.78, 5) is 15.4. The first-order chi connectivity index (χ1) is 13.4. The van der Waals surface area contributed by atoms with Crippen LogP contribution in [0.15, 0.2) is 55.1 Å². The summed E-state index contributed by atoms with van der Waals surface area (Å²) in [6.45, 7) is 2.01. The SMILES string of the molecule is Cc1cnc2[nH]cc(Cc3ccc([CH]c4ccc(C(F)(F)F)nc4)nc3)c2c1. The van der Waals surface area contributed by atoms with Crippen molar-refractivity contribution in [3.05, 3.63) is 95.2 Å². The Morgan fingerprint density at radius 2 is 1.86 bits per heavy atom. The number of pyridine rings is 3. The highest BCUT2D eigenvalue weighted by Crippen LogP contribution is 2.27. The van der Waals surface area contributed by atoms with Gasteiger partial charge in [-0.2, -0.15) is 13.2 Å². The third-order valence-electron chi connectivity index (χ3n) is 4.39. The molecular weight excluding hydrogens is 365 g/mol. The Morgan fingerprint density at radius 3 is 2.54 bits per heavy atom. The molecular formula is C21H16F3N4. The molecule has 0 aromatic carbocycles. The summed E-state index contributed by atoms with van der Waals surface area (Å²) in [5.41, 5.74) is 4.43. The third-order valence-corrected chi connectivity index (χ3v) is 4.39. The fourth-order valence-electron chi connectivity index (χ4n) is 2.98. The van der Waals surface area contributed by atoms with E-state index in [4.69, 9.17) is 0 Å². The van der Waals surface area contributed by atoms with Gasteiger partial charge in [0.1, 0.15) is 11.3 Å². The Balaban J connectivity index is 1.47. The molecule has 4 aromatic rings. The number of hydrogen-bond donors (Lipinski definition) is 1. The van der Waals surface area contributed by atoms with Crippen molar-refractivity contribution in [2.24, 2.45) is 0 Å². The molecule has 0 aliphatic carbocycles. The summed E-state index contributed by atoms with van der Waals surface area (Å²) in [5, 5.41) is 1.09. The fourth-order valence-corrected chi connectivity index (χ4v) is 2.98. The molecule has 0 spiro atoms. The molecule has 0 saturated carbocycles. The van der Waals surface area contributed by atoms with E-state index < -0.39 is 11.9 Å². The molecule has 28 heavy (non-hydrogen) atoms. The number of rotatable bonds is 4. The molecule has 141 valence electrons. The zero-order valence-electron chi connectivity index (χ0n) is 15.0. The van der Waals surface area contributed by atoms with Crippen LogP contribution in [0.4, 0.5) is 13.2 Å². The van der Waals surface area contributed by atoms with Crippen molar-refractivity contribution in [2.45, 2.75) is 19.5 Å². The number of aromatic nitrogens is 4. The van der Waals surface area contributed by atoms with E-state index in [-0.39, 0.29) is 0 Å². The number of nitrogens with zero attached hydrogens (tertiary/aromatic N) is 3. The van der Waals surface area contributed by atoms with E-state index in [1.165, 1.54) is 12.3 Å². The van der Waals surface area contributed by atoms with Crippen molar-refractivity contribution in [2.75, 3.05) is 0 Å². The summed E-state index contributed by atoms with van der Waals surface area (Å²) in [5.74, 6) is 0. The van der Waals surface area contributed by atoms with Crippen molar-refractivity contribution < 1.29 is 13.2 Å². The monoisotopic (exact) mass is 381 g/mol. The summed E-state index contributed by atoms with van der Waals surface area (Å²) >= 11 is 0. The van der Waals surface area contributed by atoms with Crippen LogP contribution in [0.5, 0.6) is 0 Å². The van der Waals surface area contributed by atoms with E-state index in [2.05, 4.69) is 26.0 Å². The molecule has 7 heteroatoms. The van der Waals surface area contributed by atoms with Gasteiger partial charge >= 0.3 is 6.18 Å². The van der Waals surface area contributed by atoms with Gasteiger partial charge in [0.05, 0.1) is 0 Å². The van der Waals surface area contributed by atoms with Crippen molar-refractivity contribution >= 4 is 11.0 Å². The maximum Gasteiger partial charge on any atom is 0.433 e. The standard InChI is InChI=1S/C21H16F3N4/c1-13-6-18-16(12-28-20(18)27-9-13)7-14-2-4-17(25-10-14)8-15-3-5-19(26-11-15)21(22,23)24/h2-6,8-12H,7H2,1H3,(H,27,28). The molecule has 0 aliphatic heterocycles. The molecule has 1 radical (unpaired) electrons. The highest BCUT2D eigenvalue weighted by atomic mass is 19.4. The Bertz CT molecular complexity index is 1100. The first-order valence-corrected chi connectivity index (χ1v) is 8.64. The number of hydrogen-bond acceptors (Lipinski definition) is 3. The van der Waals surface area contributed by atoms with Gasteiger partial charge in [0.15, 0.2) is 0 Å². The molecule has 0 bridgehead atoms. The predicted octanol–water partition coefficient (Wildman–Crippen LogP) is 4.87. The van der Waals surface area contributed by atoms with Crippen molar-refractivity contribution in [3.8, 4) is 0 Å². The van der Waals surface area contributed by atoms with Crippen LogP contribution in [-0.2, 0) is 12.6 Å². The van der Waals surface area contributed by atoms with E-state index in [0.29, 0.717) is 17.7 Å². The first kappa shape index (κ1) is 18.2. The van der Waals surface area contributed by atoms with Crippen molar-refractivity contribution in [3.63, 3.8) is 0 Å². The molecule has 0 unspecified atom stereocenters. The average Bonchev–Trinajstić information content (AvgIpc) is 3.05. The molecule has 0 atom stereocenters. The Hall–Kier alpha value is -3.22. The van der Waals surface area contributed by atoms with Gasteiger partial charge in [-0.05, 0) is 47.4 Å². The van der Waals surface area contributed by atoms with Crippen molar-refractivity contribution in [1.82, 2.24) is 19.9 Å². The van der Waals surface area contributed by atoms with Crippen LogP contribution in [0.25, 0.3) is 11.0 Å². The zero-order chi connectivity index (χ0) is 19.7. The second-order valence-corrected chi connectivity index (χ2v) is 6.61. The van der Waals surface area contributed by atoms with Crippen LogP contribution in [0.1, 0.15) is 33.6 Å². The number of halogens is 3. The average molecular weight is 381 g/mol. The van der Waals surface area contributed by atoms with Gasteiger partial charge in [0.2, 0.25) is 0 Å². The van der Waals surface area contributed by atoms with Crippen LogP contribution in [-0.4, -0.2) is 19.9 Å². The van der Waals surface area contributed by atoms with Gasteiger partial charge in [0.25, 0.3) is 0 Å². The molecule has 0 fully saturated rings. The van der Waals surface area contributed by atoms with Gasteiger partial charge < -0.3 is 4.98 Å².